The zero-order chi connectivity index (χ0) is 8.27. The van der Waals surface area contributed by atoms with Gasteiger partial charge < -0.3 is 5.11 Å². The smallest absolute Gasteiger partial charge is 0.108 e. The van der Waals surface area contributed by atoms with E-state index in [-0.39, 0.29) is 6.10 Å². The van der Waals surface area contributed by atoms with Crippen molar-refractivity contribution in [2.24, 2.45) is 0 Å². The topological polar surface area (TPSA) is 59.2 Å². The molecule has 0 spiro atoms. The van der Waals surface area contributed by atoms with E-state index in [4.69, 9.17) is 5.11 Å². The Balaban J connectivity index is 2.44. The van der Waals surface area contributed by atoms with E-state index in [0.717, 1.165) is 17.8 Å². The molecule has 0 fully saturated rings. The van der Waals surface area contributed by atoms with Crippen LogP contribution in [0.1, 0.15) is 24.7 Å². The second-order valence-corrected chi connectivity index (χ2v) is 2.68. The highest BCUT2D eigenvalue weighted by Crippen LogP contribution is 2.05. The Kier molecular flexibility index (Phi) is 2.59. The van der Waals surface area contributed by atoms with Gasteiger partial charge in [-0.3, -0.25) is 0 Å². The molecule has 1 aromatic heterocycles. The van der Waals surface area contributed by atoms with Crippen molar-refractivity contribution in [3.8, 4) is 0 Å². The fourth-order valence-corrected chi connectivity index (χ4v) is 0.822. The van der Waals surface area contributed by atoms with Gasteiger partial charge in [0.1, 0.15) is 11.4 Å². The van der Waals surface area contributed by atoms with Crippen molar-refractivity contribution in [2.75, 3.05) is 0 Å². The maximum Gasteiger partial charge on any atom is 0.108 e. The molecule has 1 aromatic rings. The highest BCUT2D eigenvalue weighted by Gasteiger charge is 2.05. The molecule has 0 aliphatic carbocycles. The summed E-state index contributed by atoms with van der Waals surface area (Å²) in [5.74, 6) is 0. The van der Waals surface area contributed by atoms with Gasteiger partial charge in [-0.1, -0.05) is 10.3 Å². The number of aryl methyl sites for hydroxylation is 2. The van der Waals surface area contributed by atoms with Crippen LogP contribution in [0.2, 0.25) is 0 Å². The second-order valence-electron chi connectivity index (χ2n) is 2.68. The van der Waals surface area contributed by atoms with Crippen LogP contribution < -0.4 is 0 Å². The van der Waals surface area contributed by atoms with Crippen LogP contribution in [0.25, 0.3) is 0 Å². The fourth-order valence-electron chi connectivity index (χ4n) is 0.822. The van der Waals surface area contributed by atoms with Gasteiger partial charge in [-0.2, -0.15) is 0 Å². The number of hydrogen-bond acceptors (Lipinski definition) is 4. The Bertz CT molecular complexity index is 220. The molecule has 11 heavy (non-hydrogen) atoms. The molecule has 4 heteroatoms. The SMILES string of the molecule is Cc1nonc1CCC(C)O. The molecular weight excluding hydrogens is 144 g/mol. The number of aliphatic hydroxyl groups excluding tert-OH is 1. The first-order valence-electron chi connectivity index (χ1n) is 3.66. The van der Waals surface area contributed by atoms with Crippen LogP contribution in [-0.2, 0) is 6.42 Å². The molecule has 0 radical (unpaired) electrons. The Morgan fingerprint density at radius 1 is 1.55 bits per heavy atom. The first kappa shape index (κ1) is 8.20. The molecule has 0 bridgehead atoms. The molecule has 0 saturated carbocycles. The zero-order valence-electron chi connectivity index (χ0n) is 6.74. The molecule has 1 atom stereocenters. The minimum Gasteiger partial charge on any atom is -0.393 e. The normalized spacial score (nSPS) is 13.4. The predicted octanol–water partition coefficient (Wildman–Crippen LogP) is 0.691. The lowest BCUT2D eigenvalue weighted by atomic mass is 10.1. The highest BCUT2D eigenvalue weighted by molar-refractivity contribution is 5.04. The lowest BCUT2D eigenvalue weighted by Gasteiger charge is -1.99. The van der Waals surface area contributed by atoms with E-state index in [2.05, 4.69) is 14.9 Å². The maximum atomic E-state index is 8.96. The van der Waals surface area contributed by atoms with Crippen LogP contribution in [0.15, 0.2) is 4.63 Å². The molecule has 0 aliphatic heterocycles. The quantitative estimate of drug-likeness (QED) is 0.699. The maximum absolute atomic E-state index is 8.96. The molecule has 1 heterocycles. The van der Waals surface area contributed by atoms with Gasteiger partial charge >= 0.3 is 0 Å². The van der Waals surface area contributed by atoms with E-state index in [9.17, 15) is 0 Å². The van der Waals surface area contributed by atoms with Gasteiger partial charge in [0.25, 0.3) is 0 Å². The molecule has 0 aromatic carbocycles. The number of rotatable bonds is 3. The molecule has 1 unspecified atom stereocenters. The summed E-state index contributed by atoms with van der Waals surface area (Å²) in [5.41, 5.74) is 1.65. The third-order valence-corrected chi connectivity index (χ3v) is 1.55. The monoisotopic (exact) mass is 156 g/mol. The lowest BCUT2D eigenvalue weighted by molar-refractivity contribution is 0.184. The fraction of sp³-hybridized carbons (Fsp3) is 0.714. The third-order valence-electron chi connectivity index (χ3n) is 1.55. The molecule has 0 saturated heterocycles. The van der Waals surface area contributed by atoms with Crippen LogP contribution in [0.5, 0.6) is 0 Å². The zero-order valence-corrected chi connectivity index (χ0v) is 6.74. The molecule has 1 rings (SSSR count). The van der Waals surface area contributed by atoms with Gasteiger partial charge in [-0.25, -0.2) is 4.63 Å². The summed E-state index contributed by atoms with van der Waals surface area (Å²) in [6.45, 7) is 3.59. The summed E-state index contributed by atoms with van der Waals surface area (Å²) < 4.78 is 4.50. The summed E-state index contributed by atoms with van der Waals surface area (Å²) in [7, 11) is 0. The Morgan fingerprint density at radius 2 is 2.27 bits per heavy atom. The standard InChI is InChI=1S/C7H12N2O2/c1-5(10)3-4-7-6(2)8-11-9-7/h5,10H,3-4H2,1-2H3. The number of aromatic nitrogens is 2. The van der Waals surface area contributed by atoms with Crippen molar-refractivity contribution in [2.45, 2.75) is 32.8 Å². The molecule has 62 valence electrons. The average molecular weight is 156 g/mol. The Morgan fingerprint density at radius 3 is 2.73 bits per heavy atom. The number of hydrogen-bond donors (Lipinski definition) is 1. The van der Waals surface area contributed by atoms with Crippen molar-refractivity contribution in [1.82, 2.24) is 10.3 Å². The first-order chi connectivity index (χ1) is 5.20. The van der Waals surface area contributed by atoms with Gasteiger partial charge in [0.15, 0.2) is 0 Å². The summed E-state index contributed by atoms with van der Waals surface area (Å²) in [5, 5.41) is 16.3. The highest BCUT2D eigenvalue weighted by atomic mass is 16.6. The molecular formula is C7H12N2O2. The van der Waals surface area contributed by atoms with Gasteiger partial charge in [0, 0.05) is 0 Å². The van der Waals surface area contributed by atoms with E-state index in [0.29, 0.717) is 6.42 Å². The van der Waals surface area contributed by atoms with Gasteiger partial charge in [-0.05, 0) is 26.7 Å². The van der Waals surface area contributed by atoms with Crippen LogP contribution in [0, 0.1) is 6.92 Å². The van der Waals surface area contributed by atoms with Crippen molar-refractivity contribution in [3.05, 3.63) is 11.4 Å². The molecule has 0 amide bonds. The van der Waals surface area contributed by atoms with Crippen LogP contribution in [0.3, 0.4) is 0 Å². The molecule has 4 nitrogen and oxygen atoms in total. The van der Waals surface area contributed by atoms with Gasteiger partial charge in [-0.15, -0.1) is 0 Å². The van der Waals surface area contributed by atoms with E-state index in [1.54, 1.807) is 6.92 Å². The van der Waals surface area contributed by atoms with Crippen LogP contribution >= 0.6 is 0 Å². The summed E-state index contributed by atoms with van der Waals surface area (Å²) in [6, 6.07) is 0. The second kappa shape index (κ2) is 3.48. The largest absolute Gasteiger partial charge is 0.393 e. The number of aliphatic hydroxyl groups is 1. The van der Waals surface area contributed by atoms with E-state index >= 15 is 0 Å². The van der Waals surface area contributed by atoms with Crippen molar-refractivity contribution in [3.63, 3.8) is 0 Å². The first-order valence-corrected chi connectivity index (χ1v) is 3.66. The van der Waals surface area contributed by atoms with E-state index in [1.807, 2.05) is 6.92 Å². The van der Waals surface area contributed by atoms with Crippen LogP contribution in [-0.4, -0.2) is 21.5 Å². The van der Waals surface area contributed by atoms with Gasteiger partial charge in [0.2, 0.25) is 0 Å². The van der Waals surface area contributed by atoms with Crippen LogP contribution in [0.4, 0.5) is 0 Å². The summed E-state index contributed by atoms with van der Waals surface area (Å²) in [4.78, 5) is 0. The van der Waals surface area contributed by atoms with E-state index in [1.165, 1.54) is 0 Å². The average Bonchev–Trinajstić information content (AvgIpc) is 2.31. The van der Waals surface area contributed by atoms with E-state index < -0.39 is 0 Å². The number of nitrogens with zero attached hydrogens (tertiary/aromatic N) is 2. The predicted molar refractivity (Wildman–Crippen MR) is 39.0 cm³/mol. The van der Waals surface area contributed by atoms with Crippen molar-refractivity contribution < 1.29 is 9.74 Å². The minimum absolute atomic E-state index is 0.286. The lowest BCUT2D eigenvalue weighted by Crippen LogP contribution is -2.02. The molecule has 0 aliphatic rings. The van der Waals surface area contributed by atoms with Crippen molar-refractivity contribution in [1.29, 1.82) is 0 Å². The summed E-state index contributed by atoms with van der Waals surface area (Å²) >= 11 is 0. The third kappa shape index (κ3) is 2.31. The Hall–Kier alpha value is -0.900. The molecule has 1 N–H and O–H groups in total. The van der Waals surface area contributed by atoms with Crippen molar-refractivity contribution >= 4 is 0 Å². The Labute approximate surface area is 65.2 Å². The van der Waals surface area contributed by atoms with Gasteiger partial charge in [0.05, 0.1) is 6.10 Å². The summed E-state index contributed by atoms with van der Waals surface area (Å²) in [6.07, 6.45) is 1.15. The minimum atomic E-state index is -0.286.